The Morgan fingerprint density at radius 3 is 2.38 bits per heavy atom. The van der Waals surface area contributed by atoms with Crippen LogP contribution in [0.15, 0.2) is 42.7 Å². The number of ether oxygens (including phenoxy) is 1. The molecule has 1 heterocycles. The van der Waals surface area contributed by atoms with Gasteiger partial charge in [-0.3, -0.25) is 4.98 Å². The molecule has 1 aromatic carbocycles. The second-order valence-corrected chi connectivity index (χ2v) is 8.28. The summed E-state index contributed by atoms with van der Waals surface area (Å²) in [5.41, 5.74) is 0.496. The van der Waals surface area contributed by atoms with E-state index in [4.69, 9.17) is 4.74 Å². The molecule has 0 aliphatic heterocycles. The molecule has 2 N–H and O–H groups in total. The van der Waals surface area contributed by atoms with Crippen LogP contribution in [0.5, 0.6) is 5.75 Å². The summed E-state index contributed by atoms with van der Waals surface area (Å²) >= 11 is 0. The maximum Gasteiger partial charge on any atom is 0.408 e. The minimum absolute atomic E-state index is 0.206. The number of pyridine rings is 1. The van der Waals surface area contributed by atoms with Crippen LogP contribution in [0.2, 0.25) is 0 Å². The van der Waals surface area contributed by atoms with Crippen molar-refractivity contribution in [2.45, 2.75) is 31.8 Å². The molecule has 0 spiro atoms. The van der Waals surface area contributed by atoms with Crippen LogP contribution in [-0.4, -0.2) is 38.5 Å². The van der Waals surface area contributed by atoms with E-state index in [1.165, 1.54) is 36.5 Å². The molecule has 2 aromatic rings. The first-order chi connectivity index (χ1) is 13.4. The molecular weight excluding hydrogens is 414 g/mol. The molecule has 6 nitrogen and oxygen atoms in total. The lowest BCUT2D eigenvalue weighted by atomic mass is 10.1. The fourth-order valence-corrected chi connectivity index (χ4v) is 3.21. The van der Waals surface area contributed by atoms with Crippen LogP contribution in [0, 0.1) is 5.82 Å². The van der Waals surface area contributed by atoms with Gasteiger partial charge in [-0.1, -0.05) is 24.3 Å². The Morgan fingerprint density at radius 1 is 1.17 bits per heavy atom. The lowest BCUT2D eigenvalue weighted by Gasteiger charge is -2.21. The molecule has 0 amide bonds. The highest BCUT2D eigenvalue weighted by Gasteiger charge is 2.42. The lowest BCUT2D eigenvalue weighted by molar-refractivity contribution is -0.153. The van der Waals surface area contributed by atoms with E-state index in [2.05, 4.69) is 10.3 Å². The van der Waals surface area contributed by atoms with Gasteiger partial charge in [-0.2, -0.15) is 17.9 Å². The summed E-state index contributed by atoms with van der Waals surface area (Å²) in [6, 6.07) is 4.31. The fraction of sp³-hybridized carbons (Fsp3) is 0.389. The molecule has 2 atom stereocenters. The van der Waals surface area contributed by atoms with Gasteiger partial charge < -0.3 is 10.1 Å². The Labute approximate surface area is 166 Å². The van der Waals surface area contributed by atoms with Crippen molar-refractivity contribution < 1.29 is 30.7 Å². The van der Waals surface area contributed by atoms with Crippen molar-refractivity contribution in [3.8, 4) is 5.75 Å². The van der Waals surface area contributed by atoms with Crippen LogP contribution in [-0.2, 0) is 16.6 Å². The highest BCUT2D eigenvalue weighted by Crippen LogP contribution is 2.33. The molecule has 11 heteroatoms. The summed E-state index contributed by atoms with van der Waals surface area (Å²) in [5.74, 6) is -0.217. The largest absolute Gasteiger partial charge is 0.488 e. The van der Waals surface area contributed by atoms with Gasteiger partial charge in [-0.15, -0.1) is 0 Å². The van der Waals surface area contributed by atoms with E-state index < -0.39 is 28.1 Å². The van der Waals surface area contributed by atoms with E-state index in [-0.39, 0.29) is 11.7 Å². The van der Waals surface area contributed by atoms with Crippen molar-refractivity contribution in [3.63, 3.8) is 0 Å². The SMILES string of the molecule is CC(CNCc1ccc(C(NS(C)(=O)=O)C(F)(F)F)cc1)Oc1cncc(F)c1. The van der Waals surface area contributed by atoms with Gasteiger partial charge in [0.2, 0.25) is 10.0 Å². The minimum Gasteiger partial charge on any atom is -0.488 e. The van der Waals surface area contributed by atoms with Crippen LogP contribution in [0.4, 0.5) is 17.6 Å². The molecule has 2 unspecified atom stereocenters. The number of nitrogens with zero attached hydrogens (tertiary/aromatic N) is 1. The Morgan fingerprint density at radius 2 is 1.83 bits per heavy atom. The zero-order valence-electron chi connectivity index (χ0n) is 15.7. The van der Waals surface area contributed by atoms with Gasteiger partial charge in [0, 0.05) is 19.2 Å². The first-order valence-electron chi connectivity index (χ1n) is 8.55. The van der Waals surface area contributed by atoms with E-state index in [0.717, 1.165) is 6.20 Å². The van der Waals surface area contributed by atoms with Gasteiger partial charge in [0.15, 0.2) is 0 Å². The Kier molecular flexibility index (Phi) is 7.55. The van der Waals surface area contributed by atoms with Gasteiger partial charge in [-0.05, 0) is 18.1 Å². The van der Waals surface area contributed by atoms with Crippen molar-refractivity contribution in [3.05, 3.63) is 59.7 Å². The molecule has 0 bridgehead atoms. The minimum atomic E-state index is -4.76. The number of aromatic nitrogens is 1. The highest BCUT2D eigenvalue weighted by atomic mass is 32.2. The molecule has 0 aliphatic rings. The van der Waals surface area contributed by atoms with E-state index in [0.29, 0.717) is 30.7 Å². The summed E-state index contributed by atoms with van der Waals surface area (Å²) in [6.07, 6.45) is -1.94. The van der Waals surface area contributed by atoms with Crippen LogP contribution < -0.4 is 14.8 Å². The second kappa shape index (κ2) is 9.51. The quantitative estimate of drug-likeness (QED) is 0.592. The molecular formula is C18H21F4N3O3S. The number of halogens is 4. The normalized spacial score (nSPS) is 14.4. The smallest absolute Gasteiger partial charge is 0.408 e. The predicted molar refractivity (Wildman–Crippen MR) is 99.2 cm³/mol. The van der Waals surface area contributed by atoms with Crippen molar-refractivity contribution in [1.82, 2.24) is 15.0 Å². The predicted octanol–water partition coefficient (Wildman–Crippen LogP) is 2.93. The van der Waals surface area contributed by atoms with E-state index >= 15 is 0 Å². The number of alkyl halides is 3. The zero-order valence-corrected chi connectivity index (χ0v) is 16.5. The van der Waals surface area contributed by atoms with E-state index in [1.54, 1.807) is 11.6 Å². The number of benzene rings is 1. The molecule has 0 aliphatic carbocycles. The molecule has 29 heavy (non-hydrogen) atoms. The van der Waals surface area contributed by atoms with Crippen LogP contribution >= 0.6 is 0 Å². The van der Waals surface area contributed by atoms with Crippen LogP contribution in [0.1, 0.15) is 24.1 Å². The summed E-state index contributed by atoms with van der Waals surface area (Å²) in [5, 5.41) is 3.08. The first-order valence-corrected chi connectivity index (χ1v) is 10.4. The zero-order chi connectivity index (χ0) is 21.7. The van der Waals surface area contributed by atoms with Gasteiger partial charge in [0.05, 0.1) is 18.6 Å². The molecule has 2 rings (SSSR count). The van der Waals surface area contributed by atoms with Gasteiger partial charge in [-0.25, -0.2) is 12.8 Å². The number of hydrogen-bond acceptors (Lipinski definition) is 5. The van der Waals surface area contributed by atoms with Crippen molar-refractivity contribution >= 4 is 10.0 Å². The number of sulfonamides is 1. The van der Waals surface area contributed by atoms with Gasteiger partial charge in [0.25, 0.3) is 0 Å². The molecule has 0 saturated carbocycles. The molecule has 160 valence electrons. The van der Waals surface area contributed by atoms with E-state index in [1.807, 2.05) is 0 Å². The lowest BCUT2D eigenvalue weighted by Crippen LogP contribution is -2.37. The van der Waals surface area contributed by atoms with Crippen molar-refractivity contribution in [2.75, 3.05) is 12.8 Å². The van der Waals surface area contributed by atoms with Crippen molar-refractivity contribution in [1.29, 1.82) is 0 Å². The molecule has 1 aromatic heterocycles. The maximum absolute atomic E-state index is 13.2. The number of hydrogen-bond donors (Lipinski definition) is 2. The van der Waals surface area contributed by atoms with E-state index in [9.17, 15) is 26.0 Å². The average molecular weight is 435 g/mol. The number of rotatable bonds is 9. The molecule has 0 fully saturated rings. The summed E-state index contributed by atoms with van der Waals surface area (Å²) < 4.78 is 82.1. The van der Waals surface area contributed by atoms with Crippen molar-refractivity contribution in [2.24, 2.45) is 0 Å². The number of nitrogens with one attached hydrogen (secondary N) is 2. The summed E-state index contributed by atoms with van der Waals surface area (Å²) in [4.78, 5) is 3.68. The topological polar surface area (TPSA) is 80.3 Å². The Hall–Kier alpha value is -2.24. The monoisotopic (exact) mass is 435 g/mol. The third-order valence-corrected chi connectivity index (χ3v) is 4.41. The standard InChI is InChI=1S/C18H21F4N3O3S/c1-12(28-16-7-15(19)10-24-11-16)8-23-9-13-3-5-14(6-4-13)17(18(20,21)22)25-29(2,26)27/h3-7,10-12,17,23,25H,8-9H2,1-2H3. The first kappa shape index (κ1) is 23.0. The fourth-order valence-electron chi connectivity index (χ4n) is 2.52. The van der Waals surface area contributed by atoms with Crippen LogP contribution in [0.3, 0.4) is 0 Å². The molecule has 0 saturated heterocycles. The maximum atomic E-state index is 13.2. The van der Waals surface area contributed by atoms with Crippen LogP contribution in [0.25, 0.3) is 0 Å². The Balaban J connectivity index is 1.91. The average Bonchev–Trinajstić information content (AvgIpc) is 2.59. The Bertz CT molecular complexity index is 905. The molecule has 0 radical (unpaired) electrons. The highest BCUT2D eigenvalue weighted by molar-refractivity contribution is 7.88. The summed E-state index contributed by atoms with van der Waals surface area (Å²) in [7, 11) is -4.04. The second-order valence-electron chi connectivity index (χ2n) is 6.50. The van der Waals surface area contributed by atoms with Gasteiger partial charge >= 0.3 is 6.18 Å². The third-order valence-electron chi connectivity index (χ3n) is 3.75. The third kappa shape index (κ3) is 7.95. The summed E-state index contributed by atoms with van der Waals surface area (Å²) in [6.45, 7) is 2.52. The van der Waals surface area contributed by atoms with Gasteiger partial charge in [0.1, 0.15) is 23.7 Å².